The van der Waals surface area contributed by atoms with Crippen molar-refractivity contribution in [2.24, 2.45) is 5.92 Å². The van der Waals surface area contributed by atoms with E-state index in [1.807, 2.05) is 20.8 Å². The molecule has 0 saturated carbocycles. The predicted octanol–water partition coefficient (Wildman–Crippen LogP) is 1.77. The van der Waals surface area contributed by atoms with E-state index < -0.39 is 20.0 Å². The Bertz CT molecular complexity index is 781. The number of ether oxygens (including phenoxy) is 1. The SMILES string of the molecule is CCOc1ccc(S(=O)(=O)N2CCN(S(=O)(=O)CCC(C)C)CC2)cc1. The van der Waals surface area contributed by atoms with Gasteiger partial charge in [0.05, 0.1) is 17.3 Å². The molecule has 0 bridgehead atoms. The Morgan fingerprint density at radius 1 is 0.962 bits per heavy atom. The van der Waals surface area contributed by atoms with E-state index in [1.54, 1.807) is 12.1 Å². The Labute approximate surface area is 157 Å². The van der Waals surface area contributed by atoms with Crippen molar-refractivity contribution in [1.29, 1.82) is 0 Å². The fourth-order valence-corrected chi connectivity index (χ4v) is 5.89. The number of benzene rings is 1. The number of nitrogens with zero attached hydrogens (tertiary/aromatic N) is 2. The highest BCUT2D eigenvalue weighted by Gasteiger charge is 2.32. The molecule has 1 aromatic carbocycles. The van der Waals surface area contributed by atoms with Crippen LogP contribution in [0.2, 0.25) is 0 Å². The average molecular weight is 405 g/mol. The number of sulfonamides is 2. The Morgan fingerprint density at radius 2 is 1.50 bits per heavy atom. The molecule has 0 aliphatic carbocycles. The summed E-state index contributed by atoms with van der Waals surface area (Å²) in [6.45, 7) is 7.05. The zero-order chi connectivity index (χ0) is 19.4. The minimum atomic E-state index is -3.63. The lowest BCUT2D eigenvalue weighted by Crippen LogP contribution is -2.50. The van der Waals surface area contributed by atoms with Gasteiger partial charge in [-0.05, 0) is 43.5 Å². The fourth-order valence-electron chi connectivity index (χ4n) is 2.73. The normalized spacial score (nSPS) is 17.5. The Balaban J connectivity index is 2.02. The number of piperazine rings is 1. The molecule has 1 aliphatic heterocycles. The predicted molar refractivity (Wildman–Crippen MR) is 101 cm³/mol. The molecule has 0 atom stereocenters. The van der Waals surface area contributed by atoms with Gasteiger partial charge in [0.25, 0.3) is 0 Å². The molecule has 0 amide bonds. The molecule has 7 nitrogen and oxygen atoms in total. The van der Waals surface area contributed by atoms with E-state index in [4.69, 9.17) is 4.74 Å². The quantitative estimate of drug-likeness (QED) is 0.659. The van der Waals surface area contributed by atoms with Crippen LogP contribution in [0.5, 0.6) is 5.75 Å². The van der Waals surface area contributed by atoms with Crippen LogP contribution in [-0.2, 0) is 20.0 Å². The highest BCUT2D eigenvalue weighted by Crippen LogP contribution is 2.22. The van der Waals surface area contributed by atoms with Gasteiger partial charge in [0.1, 0.15) is 5.75 Å². The number of hydrogen-bond acceptors (Lipinski definition) is 5. The van der Waals surface area contributed by atoms with Crippen LogP contribution in [0, 0.1) is 5.92 Å². The molecule has 0 radical (unpaired) electrons. The molecular formula is C17H28N2O5S2. The first-order valence-corrected chi connectivity index (χ1v) is 11.9. The summed E-state index contributed by atoms with van der Waals surface area (Å²) in [7, 11) is -6.96. The van der Waals surface area contributed by atoms with Gasteiger partial charge in [-0.25, -0.2) is 16.8 Å². The minimum absolute atomic E-state index is 0.107. The van der Waals surface area contributed by atoms with Crippen LogP contribution in [0.25, 0.3) is 0 Å². The van der Waals surface area contributed by atoms with Gasteiger partial charge < -0.3 is 4.74 Å². The second-order valence-corrected chi connectivity index (χ2v) is 10.7. The van der Waals surface area contributed by atoms with Crippen molar-refractivity contribution in [2.75, 3.05) is 38.5 Å². The standard InChI is InChI=1S/C17H28N2O5S2/c1-4-24-16-5-7-17(8-6-16)26(22,23)19-12-10-18(11-13-19)25(20,21)14-9-15(2)3/h5-8,15H,4,9-14H2,1-3H3. The highest BCUT2D eigenvalue weighted by atomic mass is 32.2. The zero-order valence-electron chi connectivity index (χ0n) is 15.6. The topological polar surface area (TPSA) is 84.0 Å². The molecule has 1 fully saturated rings. The molecule has 0 N–H and O–H groups in total. The van der Waals surface area contributed by atoms with Crippen molar-refractivity contribution < 1.29 is 21.6 Å². The summed E-state index contributed by atoms with van der Waals surface area (Å²) in [5.74, 6) is 1.04. The van der Waals surface area contributed by atoms with E-state index in [-0.39, 0.29) is 36.8 Å². The van der Waals surface area contributed by atoms with Crippen LogP contribution in [0.1, 0.15) is 27.2 Å². The van der Waals surface area contributed by atoms with Gasteiger partial charge in [-0.3, -0.25) is 0 Å². The van der Waals surface area contributed by atoms with Gasteiger partial charge in [0.15, 0.2) is 0 Å². The lowest BCUT2D eigenvalue weighted by molar-refractivity contribution is 0.272. The van der Waals surface area contributed by atoms with Crippen molar-refractivity contribution in [3.05, 3.63) is 24.3 Å². The molecule has 148 valence electrons. The average Bonchev–Trinajstić information content (AvgIpc) is 2.61. The summed E-state index contributed by atoms with van der Waals surface area (Å²) in [5, 5.41) is 0. The maximum Gasteiger partial charge on any atom is 0.243 e. The van der Waals surface area contributed by atoms with Crippen LogP contribution in [0.15, 0.2) is 29.2 Å². The van der Waals surface area contributed by atoms with E-state index in [2.05, 4.69) is 0 Å². The van der Waals surface area contributed by atoms with Gasteiger partial charge in [0.2, 0.25) is 20.0 Å². The van der Waals surface area contributed by atoms with Gasteiger partial charge in [-0.2, -0.15) is 8.61 Å². The second kappa shape index (κ2) is 8.69. The minimum Gasteiger partial charge on any atom is -0.494 e. The van der Waals surface area contributed by atoms with Crippen LogP contribution in [0.4, 0.5) is 0 Å². The van der Waals surface area contributed by atoms with Crippen LogP contribution in [-0.4, -0.2) is 64.0 Å². The van der Waals surface area contributed by atoms with Crippen molar-refractivity contribution in [2.45, 2.75) is 32.1 Å². The molecule has 0 aromatic heterocycles. The van der Waals surface area contributed by atoms with Gasteiger partial charge in [-0.1, -0.05) is 13.8 Å². The highest BCUT2D eigenvalue weighted by molar-refractivity contribution is 7.89. The number of hydrogen-bond donors (Lipinski definition) is 0. The molecule has 9 heteroatoms. The van der Waals surface area contributed by atoms with E-state index in [9.17, 15) is 16.8 Å². The first-order chi connectivity index (χ1) is 12.2. The summed E-state index contributed by atoms with van der Waals surface area (Å²) < 4.78 is 58.3. The molecule has 2 rings (SSSR count). The lowest BCUT2D eigenvalue weighted by Gasteiger charge is -2.33. The Hall–Kier alpha value is -1.16. The number of rotatable bonds is 8. The van der Waals surface area contributed by atoms with E-state index in [0.717, 1.165) is 0 Å². The van der Waals surface area contributed by atoms with Gasteiger partial charge >= 0.3 is 0 Å². The second-order valence-electron chi connectivity index (χ2n) is 6.71. The lowest BCUT2D eigenvalue weighted by atomic mass is 10.2. The first-order valence-electron chi connectivity index (χ1n) is 8.87. The summed E-state index contributed by atoms with van der Waals surface area (Å²) in [6.07, 6.45) is 0.604. The maximum atomic E-state index is 12.7. The van der Waals surface area contributed by atoms with Crippen molar-refractivity contribution in [3.63, 3.8) is 0 Å². The summed E-state index contributed by atoms with van der Waals surface area (Å²) in [4.78, 5) is 0.192. The van der Waals surface area contributed by atoms with E-state index >= 15 is 0 Å². The molecule has 26 heavy (non-hydrogen) atoms. The summed E-state index contributed by atoms with van der Waals surface area (Å²) in [5.41, 5.74) is 0. The Kier molecular flexibility index (Phi) is 7.06. The molecule has 1 saturated heterocycles. The van der Waals surface area contributed by atoms with Crippen LogP contribution >= 0.6 is 0 Å². The molecule has 1 aromatic rings. The summed E-state index contributed by atoms with van der Waals surface area (Å²) in [6, 6.07) is 6.30. The third-order valence-corrected chi connectivity index (χ3v) is 8.13. The first kappa shape index (κ1) is 21.1. The fraction of sp³-hybridized carbons (Fsp3) is 0.647. The monoisotopic (exact) mass is 404 g/mol. The third kappa shape index (κ3) is 5.18. The van der Waals surface area contributed by atoms with E-state index in [0.29, 0.717) is 24.7 Å². The van der Waals surface area contributed by atoms with Gasteiger partial charge in [-0.15, -0.1) is 0 Å². The van der Waals surface area contributed by atoms with Crippen molar-refractivity contribution in [1.82, 2.24) is 8.61 Å². The van der Waals surface area contributed by atoms with Crippen molar-refractivity contribution in [3.8, 4) is 5.75 Å². The molecular weight excluding hydrogens is 376 g/mol. The zero-order valence-corrected chi connectivity index (χ0v) is 17.2. The van der Waals surface area contributed by atoms with Crippen LogP contribution in [0.3, 0.4) is 0 Å². The third-order valence-electron chi connectivity index (χ3n) is 4.32. The summed E-state index contributed by atoms with van der Waals surface area (Å²) >= 11 is 0. The molecule has 1 heterocycles. The Morgan fingerprint density at radius 3 is 2.00 bits per heavy atom. The maximum absolute atomic E-state index is 12.7. The molecule has 0 spiro atoms. The largest absolute Gasteiger partial charge is 0.494 e. The van der Waals surface area contributed by atoms with Gasteiger partial charge in [0, 0.05) is 26.2 Å². The molecule has 0 unspecified atom stereocenters. The smallest absolute Gasteiger partial charge is 0.243 e. The van der Waals surface area contributed by atoms with E-state index in [1.165, 1.54) is 20.7 Å². The molecule has 1 aliphatic rings. The van der Waals surface area contributed by atoms with Crippen molar-refractivity contribution >= 4 is 20.0 Å². The van der Waals surface area contributed by atoms with Crippen LogP contribution < -0.4 is 4.74 Å².